The van der Waals surface area contributed by atoms with Gasteiger partial charge in [0.15, 0.2) is 11.6 Å². The molecule has 25 heavy (non-hydrogen) atoms. The van der Waals surface area contributed by atoms with Crippen LogP contribution >= 0.6 is 11.8 Å². The summed E-state index contributed by atoms with van der Waals surface area (Å²) >= 11 is 2.05. The monoisotopic (exact) mass is 360 g/mol. The Kier molecular flexibility index (Phi) is 6.18. The van der Waals surface area contributed by atoms with Crippen molar-refractivity contribution < 1.29 is 0 Å². The van der Waals surface area contributed by atoms with Gasteiger partial charge in [-0.2, -0.15) is 11.8 Å². The molecule has 1 fully saturated rings. The van der Waals surface area contributed by atoms with Crippen molar-refractivity contribution in [1.82, 2.24) is 25.2 Å². The van der Waals surface area contributed by atoms with E-state index in [2.05, 4.69) is 50.8 Å². The van der Waals surface area contributed by atoms with Gasteiger partial charge in [0.2, 0.25) is 0 Å². The molecule has 0 aromatic carbocycles. The van der Waals surface area contributed by atoms with Gasteiger partial charge in [-0.3, -0.25) is 9.39 Å². The van der Waals surface area contributed by atoms with Gasteiger partial charge < -0.3 is 10.6 Å². The molecule has 1 aliphatic heterocycles. The van der Waals surface area contributed by atoms with E-state index in [0.717, 1.165) is 49.9 Å². The molecule has 7 heteroatoms. The highest BCUT2D eigenvalue weighted by Gasteiger charge is 2.29. The van der Waals surface area contributed by atoms with Crippen molar-refractivity contribution in [3.05, 3.63) is 30.2 Å². The summed E-state index contributed by atoms with van der Waals surface area (Å²) in [5.74, 6) is 3.19. The smallest absolute Gasteiger partial charge is 0.191 e. The lowest BCUT2D eigenvalue weighted by Gasteiger charge is -2.21. The average molecular weight is 361 g/mol. The number of pyridine rings is 1. The predicted octanol–water partition coefficient (Wildman–Crippen LogP) is 2.50. The lowest BCUT2D eigenvalue weighted by molar-refractivity contribution is 0.613. The number of nitrogens with zero attached hydrogens (tertiary/aromatic N) is 4. The van der Waals surface area contributed by atoms with Crippen LogP contribution in [-0.4, -0.2) is 50.7 Å². The third-order valence-electron chi connectivity index (χ3n) is 4.47. The Hall–Kier alpha value is -1.76. The molecule has 1 aliphatic rings. The Morgan fingerprint density at radius 1 is 1.36 bits per heavy atom. The summed E-state index contributed by atoms with van der Waals surface area (Å²) in [6.45, 7) is 7.06. The summed E-state index contributed by atoms with van der Waals surface area (Å²) in [7, 11) is 0. The van der Waals surface area contributed by atoms with E-state index in [9.17, 15) is 0 Å². The molecule has 1 unspecified atom stereocenters. The molecule has 3 heterocycles. The molecule has 0 bridgehead atoms. The van der Waals surface area contributed by atoms with Crippen molar-refractivity contribution in [3.63, 3.8) is 0 Å². The maximum Gasteiger partial charge on any atom is 0.191 e. The van der Waals surface area contributed by atoms with Crippen molar-refractivity contribution in [2.75, 3.05) is 25.4 Å². The zero-order valence-corrected chi connectivity index (χ0v) is 16.0. The van der Waals surface area contributed by atoms with Crippen molar-refractivity contribution in [2.45, 2.75) is 44.3 Å². The van der Waals surface area contributed by atoms with Gasteiger partial charge in [0, 0.05) is 30.5 Å². The SMILES string of the molecule is CCNC(=NCC1(C)CCCS1)NCCCc1nnc2ccccn12. The van der Waals surface area contributed by atoms with E-state index in [4.69, 9.17) is 4.99 Å². The van der Waals surface area contributed by atoms with Crippen LogP contribution in [0.3, 0.4) is 0 Å². The van der Waals surface area contributed by atoms with Crippen LogP contribution in [0, 0.1) is 0 Å². The summed E-state index contributed by atoms with van der Waals surface area (Å²) in [6, 6.07) is 5.97. The first-order chi connectivity index (χ1) is 12.2. The Morgan fingerprint density at radius 3 is 3.08 bits per heavy atom. The first-order valence-electron chi connectivity index (χ1n) is 9.15. The number of aliphatic imine (C=N–C) groups is 1. The molecule has 2 aromatic rings. The molecular weight excluding hydrogens is 332 g/mol. The molecule has 2 aromatic heterocycles. The van der Waals surface area contributed by atoms with Gasteiger partial charge >= 0.3 is 0 Å². The molecule has 0 aliphatic carbocycles. The molecule has 0 radical (unpaired) electrons. The summed E-state index contributed by atoms with van der Waals surface area (Å²) in [5, 5.41) is 15.3. The number of aryl methyl sites for hydroxylation is 1. The van der Waals surface area contributed by atoms with Crippen molar-refractivity contribution in [1.29, 1.82) is 0 Å². The van der Waals surface area contributed by atoms with Gasteiger partial charge in [0.25, 0.3) is 0 Å². The van der Waals surface area contributed by atoms with E-state index in [-0.39, 0.29) is 0 Å². The van der Waals surface area contributed by atoms with Crippen LogP contribution < -0.4 is 10.6 Å². The van der Waals surface area contributed by atoms with E-state index in [1.165, 1.54) is 18.6 Å². The topological polar surface area (TPSA) is 66.6 Å². The third-order valence-corrected chi connectivity index (χ3v) is 5.99. The minimum Gasteiger partial charge on any atom is -0.357 e. The Bertz CT molecular complexity index is 704. The van der Waals surface area contributed by atoms with E-state index < -0.39 is 0 Å². The highest BCUT2D eigenvalue weighted by atomic mass is 32.2. The van der Waals surface area contributed by atoms with Crippen LogP contribution in [0.15, 0.2) is 29.4 Å². The molecular formula is C18H28N6S. The molecule has 2 N–H and O–H groups in total. The van der Waals surface area contributed by atoms with Crippen molar-refractivity contribution in [3.8, 4) is 0 Å². The number of aromatic nitrogens is 3. The number of thioether (sulfide) groups is 1. The normalized spacial score (nSPS) is 21.0. The minimum atomic E-state index is 0.308. The molecule has 3 rings (SSSR count). The fourth-order valence-electron chi connectivity index (χ4n) is 3.06. The van der Waals surface area contributed by atoms with Crippen LogP contribution in [0.25, 0.3) is 5.65 Å². The molecule has 0 saturated carbocycles. The van der Waals surface area contributed by atoms with Gasteiger partial charge in [-0.1, -0.05) is 6.07 Å². The quantitative estimate of drug-likeness (QED) is 0.451. The number of rotatable bonds is 7. The van der Waals surface area contributed by atoms with Gasteiger partial charge in [-0.15, -0.1) is 10.2 Å². The number of nitrogens with one attached hydrogen (secondary N) is 2. The second kappa shape index (κ2) is 8.56. The summed E-state index contributed by atoms with van der Waals surface area (Å²) in [5.41, 5.74) is 0.905. The first kappa shape index (κ1) is 18.0. The fraction of sp³-hybridized carbons (Fsp3) is 0.611. The molecule has 6 nitrogen and oxygen atoms in total. The largest absolute Gasteiger partial charge is 0.357 e. The Labute approximate surface area is 153 Å². The predicted molar refractivity (Wildman–Crippen MR) is 105 cm³/mol. The van der Waals surface area contributed by atoms with Crippen molar-refractivity contribution >= 4 is 23.4 Å². The van der Waals surface area contributed by atoms with Crippen LogP contribution in [0.1, 0.15) is 38.9 Å². The maximum atomic E-state index is 4.79. The van der Waals surface area contributed by atoms with Crippen LogP contribution in [0.4, 0.5) is 0 Å². The number of guanidine groups is 1. The highest BCUT2D eigenvalue weighted by Crippen LogP contribution is 2.37. The zero-order valence-electron chi connectivity index (χ0n) is 15.2. The summed E-state index contributed by atoms with van der Waals surface area (Å²) in [4.78, 5) is 4.79. The van der Waals surface area contributed by atoms with E-state index in [1.54, 1.807) is 0 Å². The standard InChI is InChI=1S/C18H28N6S/c1-3-19-17(21-14-18(2)10-7-13-25-18)20-11-6-9-16-23-22-15-8-4-5-12-24(15)16/h4-5,8,12H,3,6-7,9-11,13-14H2,1-2H3,(H2,19,20,21). The second-order valence-electron chi connectivity index (χ2n) is 6.67. The van der Waals surface area contributed by atoms with Gasteiger partial charge in [-0.25, -0.2) is 0 Å². The molecule has 1 atom stereocenters. The fourth-order valence-corrected chi connectivity index (χ4v) is 4.29. The maximum absolute atomic E-state index is 4.79. The number of hydrogen-bond acceptors (Lipinski definition) is 4. The van der Waals surface area contributed by atoms with E-state index in [1.807, 2.05) is 24.4 Å². The van der Waals surface area contributed by atoms with E-state index >= 15 is 0 Å². The van der Waals surface area contributed by atoms with E-state index in [0.29, 0.717) is 4.75 Å². The lowest BCUT2D eigenvalue weighted by atomic mass is 10.1. The molecule has 0 spiro atoms. The summed E-state index contributed by atoms with van der Waals surface area (Å²) in [6.07, 6.45) is 6.48. The van der Waals surface area contributed by atoms with Crippen LogP contribution in [0.2, 0.25) is 0 Å². The summed E-state index contributed by atoms with van der Waals surface area (Å²) < 4.78 is 2.36. The van der Waals surface area contributed by atoms with Crippen LogP contribution in [0.5, 0.6) is 0 Å². The Morgan fingerprint density at radius 2 is 2.28 bits per heavy atom. The van der Waals surface area contributed by atoms with Gasteiger partial charge in [-0.05, 0) is 51.0 Å². The third kappa shape index (κ3) is 4.87. The van der Waals surface area contributed by atoms with Gasteiger partial charge in [0.1, 0.15) is 5.82 Å². The molecule has 0 amide bonds. The zero-order chi connectivity index (χ0) is 17.5. The Balaban J connectivity index is 1.48. The second-order valence-corrected chi connectivity index (χ2v) is 8.36. The average Bonchev–Trinajstić information content (AvgIpc) is 3.23. The number of hydrogen-bond donors (Lipinski definition) is 2. The number of fused-ring (bicyclic) bond motifs is 1. The lowest BCUT2D eigenvalue weighted by Crippen LogP contribution is -2.39. The molecule has 1 saturated heterocycles. The molecule has 136 valence electrons. The van der Waals surface area contributed by atoms with Gasteiger partial charge in [0.05, 0.1) is 6.54 Å². The van der Waals surface area contributed by atoms with Crippen molar-refractivity contribution in [2.24, 2.45) is 4.99 Å². The first-order valence-corrected chi connectivity index (χ1v) is 10.1. The van der Waals surface area contributed by atoms with Crippen LogP contribution in [-0.2, 0) is 6.42 Å². The minimum absolute atomic E-state index is 0.308. The highest BCUT2D eigenvalue weighted by molar-refractivity contribution is 8.00.